The highest BCUT2D eigenvalue weighted by molar-refractivity contribution is 7.17. The summed E-state index contributed by atoms with van der Waals surface area (Å²) in [6.45, 7) is 1.46. The fourth-order valence-corrected chi connectivity index (χ4v) is 1.96. The number of aromatic nitrogens is 3. The molecule has 2 heterocycles. The number of nitrogens with two attached hydrogens (primary N) is 1. The van der Waals surface area contributed by atoms with E-state index in [1.54, 1.807) is 12.5 Å². The lowest BCUT2D eigenvalue weighted by atomic mass is 10.4. The number of imidazole rings is 1. The van der Waals surface area contributed by atoms with Crippen LogP contribution in [-0.2, 0) is 6.54 Å². The van der Waals surface area contributed by atoms with E-state index in [4.69, 9.17) is 5.73 Å². The Balaban J connectivity index is 1.70. The second-order valence-electron chi connectivity index (χ2n) is 3.47. The third kappa shape index (κ3) is 3.28. The van der Waals surface area contributed by atoms with E-state index in [9.17, 15) is 4.79 Å². The van der Waals surface area contributed by atoms with Crippen LogP contribution in [0.2, 0.25) is 0 Å². The monoisotopic (exact) mass is 251 g/mol. The van der Waals surface area contributed by atoms with Crippen LogP contribution in [0, 0.1) is 0 Å². The second-order valence-corrected chi connectivity index (χ2v) is 4.53. The predicted molar refractivity (Wildman–Crippen MR) is 65.7 cm³/mol. The van der Waals surface area contributed by atoms with Gasteiger partial charge in [0.1, 0.15) is 4.88 Å². The van der Waals surface area contributed by atoms with E-state index in [1.165, 1.54) is 17.5 Å². The molecule has 2 aromatic rings. The van der Waals surface area contributed by atoms with Crippen LogP contribution in [0.15, 0.2) is 24.9 Å². The molecule has 0 spiro atoms. The van der Waals surface area contributed by atoms with Gasteiger partial charge < -0.3 is 15.6 Å². The van der Waals surface area contributed by atoms with Gasteiger partial charge in [-0.05, 0) is 6.42 Å². The molecule has 0 saturated heterocycles. The number of rotatable bonds is 5. The normalized spacial score (nSPS) is 10.4. The fourth-order valence-electron chi connectivity index (χ4n) is 1.36. The van der Waals surface area contributed by atoms with Gasteiger partial charge in [0.25, 0.3) is 5.91 Å². The number of thiazole rings is 1. The van der Waals surface area contributed by atoms with Gasteiger partial charge in [-0.25, -0.2) is 9.97 Å². The molecule has 7 heteroatoms. The smallest absolute Gasteiger partial charge is 0.263 e. The van der Waals surface area contributed by atoms with Gasteiger partial charge in [-0.3, -0.25) is 4.79 Å². The Morgan fingerprint density at radius 1 is 1.59 bits per heavy atom. The first-order chi connectivity index (χ1) is 8.25. The molecule has 0 fully saturated rings. The Kier molecular flexibility index (Phi) is 3.71. The number of hydrogen-bond acceptors (Lipinski definition) is 5. The first kappa shape index (κ1) is 11.6. The minimum Gasteiger partial charge on any atom is -0.375 e. The number of nitrogens with one attached hydrogen (secondary N) is 1. The molecule has 3 N–H and O–H groups in total. The number of carbonyl (C=O) groups excluding carboxylic acids is 1. The average Bonchev–Trinajstić information content (AvgIpc) is 2.95. The van der Waals surface area contributed by atoms with Gasteiger partial charge in [0.2, 0.25) is 0 Å². The zero-order valence-corrected chi connectivity index (χ0v) is 9.98. The number of hydrogen-bond donors (Lipinski definition) is 2. The first-order valence-corrected chi connectivity index (χ1v) is 6.02. The standard InChI is InChI=1S/C10H13N5OS/c11-10-14-6-8(17-10)9(16)13-2-1-4-15-5-3-12-7-15/h3,5-7H,1-2,4H2,(H2,11,14)(H,13,16). The van der Waals surface area contributed by atoms with Gasteiger partial charge in [-0.1, -0.05) is 11.3 Å². The third-order valence-corrected chi connectivity index (χ3v) is 3.01. The Bertz CT molecular complexity index is 479. The van der Waals surface area contributed by atoms with Gasteiger partial charge in [0.05, 0.1) is 12.5 Å². The quantitative estimate of drug-likeness (QED) is 0.767. The van der Waals surface area contributed by atoms with Crippen molar-refractivity contribution in [3.63, 3.8) is 0 Å². The Hall–Kier alpha value is -1.89. The van der Waals surface area contributed by atoms with Gasteiger partial charge in [-0.15, -0.1) is 0 Å². The first-order valence-electron chi connectivity index (χ1n) is 5.21. The van der Waals surface area contributed by atoms with Crippen molar-refractivity contribution in [2.45, 2.75) is 13.0 Å². The van der Waals surface area contributed by atoms with Crippen molar-refractivity contribution in [1.29, 1.82) is 0 Å². The molecule has 90 valence electrons. The van der Waals surface area contributed by atoms with Crippen molar-refractivity contribution in [2.75, 3.05) is 12.3 Å². The van der Waals surface area contributed by atoms with Crippen molar-refractivity contribution in [3.05, 3.63) is 29.8 Å². The molecule has 0 unspecified atom stereocenters. The molecule has 0 saturated carbocycles. The number of amides is 1. The Labute approximate surface area is 102 Å². The van der Waals surface area contributed by atoms with Gasteiger partial charge >= 0.3 is 0 Å². The van der Waals surface area contributed by atoms with Crippen LogP contribution in [0.25, 0.3) is 0 Å². The van der Waals surface area contributed by atoms with E-state index in [2.05, 4.69) is 15.3 Å². The highest BCUT2D eigenvalue weighted by atomic mass is 32.1. The summed E-state index contributed by atoms with van der Waals surface area (Å²) in [7, 11) is 0. The molecule has 1 amide bonds. The minimum absolute atomic E-state index is 0.121. The number of anilines is 1. The van der Waals surface area contributed by atoms with E-state index in [1.807, 2.05) is 10.8 Å². The van der Waals surface area contributed by atoms with E-state index >= 15 is 0 Å². The summed E-state index contributed by atoms with van der Waals surface area (Å²) in [5.41, 5.74) is 5.45. The summed E-state index contributed by atoms with van der Waals surface area (Å²) in [6.07, 6.45) is 7.73. The highest BCUT2D eigenvalue weighted by Gasteiger charge is 2.07. The Morgan fingerprint density at radius 3 is 3.12 bits per heavy atom. The van der Waals surface area contributed by atoms with Crippen molar-refractivity contribution in [3.8, 4) is 0 Å². The Morgan fingerprint density at radius 2 is 2.47 bits per heavy atom. The molecule has 2 aromatic heterocycles. The topological polar surface area (TPSA) is 85.8 Å². The SMILES string of the molecule is Nc1ncc(C(=O)NCCCn2ccnc2)s1. The summed E-state index contributed by atoms with van der Waals surface area (Å²) in [6, 6.07) is 0. The molecule has 2 rings (SSSR count). The summed E-state index contributed by atoms with van der Waals surface area (Å²) in [4.78, 5) is 19.9. The average molecular weight is 251 g/mol. The number of carbonyl (C=O) groups is 1. The summed E-state index contributed by atoms with van der Waals surface area (Å²) >= 11 is 1.19. The van der Waals surface area contributed by atoms with Crippen LogP contribution in [0.4, 0.5) is 5.13 Å². The second kappa shape index (κ2) is 5.44. The third-order valence-electron chi connectivity index (χ3n) is 2.19. The number of nitrogens with zero attached hydrogens (tertiary/aromatic N) is 3. The largest absolute Gasteiger partial charge is 0.375 e. The molecule has 0 radical (unpaired) electrons. The molecule has 0 aliphatic heterocycles. The van der Waals surface area contributed by atoms with Gasteiger partial charge in [0.15, 0.2) is 5.13 Å². The van der Waals surface area contributed by atoms with E-state index in [0.717, 1.165) is 13.0 Å². The molecular formula is C10H13N5OS. The number of aryl methyl sites for hydroxylation is 1. The predicted octanol–water partition coefficient (Wildman–Crippen LogP) is 0.742. The summed E-state index contributed by atoms with van der Waals surface area (Å²) < 4.78 is 1.97. The van der Waals surface area contributed by atoms with Crippen molar-refractivity contribution in [2.24, 2.45) is 0 Å². The molecule has 6 nitrogen and oxygen atoms in total. The van der Waals surface area contributed by atoms with Crippen molar-refractivity contribution >= 4 is 22.4 Å². The molecule has 0 atom stereocenters. The summed E-state index contributed by atoms with van der Waals surface area (Å²) in [5.74, 6) is -0.121. The van der Waals surface area contributed by atoms with Crippen LogP contribution in [0.3, 0.4) is 0 Å². The van der Waals surface area contributed by atoms with Gasteiger partial charge in [-0.2, -0.15) is 0 Å². The van der Waals surface area contributed by atoms with Crippen LogP contribution in [0.1, 0.15) is 16.1 Å². The van der Waals surface area contributed by atoms with Crippen LogP contribution >= 0.6 is 11.3 Å². The molecule has 0 bridgehead atoms. The van der Waals surface area contributed by atoms with E-state index in [-0.39, 0.29) is 5.91 Å². The maximum absolute atomic E-state index is 11.6. The lowest BCUT2D eigenvalue weighted by molar-refractivity contribution is 0.0956. The minimum atomic E-state index is -0.121. The summed E-state index contributed by atoms with van der Waals surface area (Å²) in [5, 5.41) is 3.23. The lowest BCUT2D eigenvalue weighted by Gasteiger charge is -2.03. The maximum atomic E-state index is 11.6. The molecule has 0 aliphatic rings. The van der Waals surface area contributed by atoms with Crippen LogP contribution < -0.4 is 11.1 Å². The van der Waals surface area contributed by atoms with Crippen LogP contribution in [-0.4, -0.2) is 27.0 Å². The zero-order chi connectivity index (χ0) is 12.1. The highest BCUT2D eigenvalue weighted by Crippen LogP contribution is 2.13. The number of nitrogen functional groups attached to an aromatic ring is 1. The van der Waals surface area contributed by atoms with Crippen molar-refractivity contribution < 1.29 is 4.79 Å². The van der Waals surface area contributed by atoms with Crippen molar-refractivity contribution in [1.82, 2.24) is 19.9 Å². The van der Waals surface area contributed by atoms with Gasteiger partial charge in [0, 0.05) is 25.5 Å². The molecular weight excluding hydrogens is 238 g/mol. The maximum Gasteiger partial charge on any atom is 0.263 e. The lowest BCUT2D eigenvalue weighted by Crippen LogP contribution is -2.24. The van der Waals surface area contributed by atoms with E-state index < -0.39 is 0 Å². The zero-order valence-electron chi connectivity index (χ0n) is 9.17. The fraction of sp³-hybridized carbons (Fsp3) is 0.300. The molecule has 0 aromatic carbocycles. The molecule has 0 aliphatic carbocycles. The van der Waals surface area contributed by atoms with E-state index in [0.29, 0.717) is 16.6 Å². The van der Waals surface area contributed by atoms with Crippen LogP contribution in [0.5, 0.6) is 0 Å². The molecule has 17 heavy (non-hydrogen) atoms.